The molecule has 0 radical (unpaired) electrons. The number of unbranched alkanes of at least 4 members (excludes halogenated alkanes) is 2. The molecular weight excluding hydrogens is 484 g/mol. The number of primary amides is 1. The second-order valence-electron chi connectivity index (χ2n) is 12.0. The van der Waals surface area contributed by atoms with Crippen molar-refractivity contribution in [2.24, 2.45) is 5.73 Å². The molecule has 0 saturated carbocycles. The molecule has 0 aliphatic rings. The number of benzene rings is 1. The number of nitrogens with one attached hydrogen (secondary N) is 2. The van der Waals surface area contributed by atoms with E-state index in [2.05, 4.69) is 17.6 Å². The van der Waals surface area contributed by atoms with Gasteiger partial charge in [-0.2, -0.15) is 0 Å². The maximum Gasteiger partial charge on any atom is 0.408 e. The SMILES string of the molecule is CCCCCN(C(=O)C(CCC(N)=O)NC(=O)OC(C)(C)C)C(C(=O)NC(C)(C)C)c1cc(C)cc(C)c1. The Hall–Kier alpha value is -3.10. The van der Waals surface area contributed by atoms with Gasteiger partial charge < -0.3 is 26.0 Å². The molecule has 1 aromatic rings. The monoisotopic (exact) mass is 532 g/mol. The van der Waals surface area contributed by atoms with Gasteiger partial charge in [0.05, 0.1) is 0 Å². The Labute approximate surface area is 228 Å². The first-order valence-corrected chi connectivity index (χ1v) is 13.4. The molecule has 4 N–H and O–H groups in total. The van der Waals surface area contributed by atoms with Gasteiger partial charge in [0, 0.05) is 18.5 Å². The fraction of sp³-hybridized carbons (Fsp3) is 0.655. The summed E-state index contributed by atoms with van der Waals surface area (Å²) in [6, 6.07) is 3.77. The van der Waals surface area contributed by atoms with E-state index in [1.807, 2.05) is 52.8 Å². The Morgan fingerprint density at radius 2 is 1.55 bits per heavy atom. The van der Waals surface area contributed by atoms with E-state index in [9.17, 15) is 19.2 Å². The van der Waals surface area contributed by atoms with Crippen LogP contribution in [0.25, 0.3) is 0 Å². The summed E-state index contributed by atoms with van der Waals surface area (Å²) >= 11 is 0. The minimum Gasteiger partial charge on any atom is -0.444 e. The molecule has 0 aliphatic heterocycles. The number of alkyl carbamates (subject to hydrolysis) is 1. The highest BCUT2D eigenvalue weighted by Gasteiger charge is 2.37. The summed E-state index contributed by atoms with van der Waals surface area (Å²) in [5.74, 6) is -1.39. The van der Waals surface area contributed by atoms with Crippen LogP contribution in [0.1, 0.15) is 103 Å². The standard InChI is InChI=1S/C29H48N4O5/c1-10-11-12-15-33(26(36)22(13-14-23(30)34)31-27(37)38-29(7,8)9)24(25(35)32-28(4,5)6)21-17-19(2)16-20(3)18-21/h16-18,22,24H,10-15H2,1-9H3,(H2,30,34)(H,31,37)(H,32,35). The van der Waals surface area contributed by atoms with Crippen molar-refractivity contribution in [3.05, 3.63) is 34.9 Å². The third kappa shape index (κ3) is 12.0. The molecule has 1 aromatic carbocycles. The summed E-state index contributed by atoms with van der Waals surface area (Å²) < 4.78 is 5.38. The zero-order valence-electron chi connectivity index (χ0n) is 24.7. The zero-order valence-corrected chi connectivity index (χ0v) is 24.7. The molecule has 0 heterocycles. The van der Waals surface area contributed by atoms with Gasteiger partial charge in [-0.1, -0.05) is 49.1 Å². The van der Waals surface area contributed by atoms with Crippen molar-refractivity contribution in [2.75, 3.05) is 6.54 Å². The number of carbonyl (C=O) groups excluding carboxylic acids is 4. The Bertz CT molecular complexity index is 958. The van der Waals surface area contributed by atoms with Crippen molar-refractivity contribution < 1.29 is 23.9 Å². The first kappa shape index (κ1) is 32.9. The first-order chi connectivity index (χ1) is 17.4. The highest BCUT2D eigenvalue weighted by atomic mass is 16.6. The Kier molecular flexibility index (Phi) is 12.3. The summed E-state index contributed by atoms with van der Waals surface area (Å²) in [5, 5.41) is 5.65. The predicted molar refractivity (Wildman–Crippen MR) is 149 cm³/mol. The summed E-state index contributed by atoms with van der Waals surface area (Å²) in [6.45, 7) is 17.0. The molecule has 9 heteroatoms. The number of ether oxygens (including phenoxy) is 1. The van der Waals surface area contributed by atoms with Crippen molar-refractivity contribution in [3.8, 4) is 0 Å². The molecule has 0 spiro atoms. The van der Waals surface area contributed by atoms with Crippen molar-refractivity contribution in [1.82, 2.24) is 15.5 Å². The lowest BCUT2D eigenvalue weighted by molar-refractivity contribution is -0.143. The van der Waals surface area contributed by atoms with Gasteiger partial charge in [0.25, 0.3) is 0 Å². The van der Waals surface area contributed by atoms with Crippen molar-refractivity contribution >= 4 is 23.8 Å². The van der Waals surface area contributed by atoms with Crippen LogP contribution in [0, 0.1) is 13.8 Å². The molecule has 1 rings (SSSR count). The maximum absolute atomic E-state index is 14.1. The smallest absolute Gasteiger partial charge is 0.408 e. The fourth-order valence-corrected chi connectivity index (χ4v) is 4.17. The molecule has 4 amide bonds. The highest BCUT2D eigenvalue weighted by molar-refractivity contribution is 5.92. The van der Waals surface area contributed by atoms with Crippen LogP contribution in [0.5, 0.6) is 0 Å². The van der Waals surface area contributed by atoms with Gasteiger partial charge in [-0.15, -0.1) is 0 Å². The minimum atomic E-state index is -1.10. The third-order valence-corrected chi connectivity index (χ3v) is 5.57. The summed E-state index contributed by atoms with van der Waals surface area (Å²) in [6.07, 6.45) is 1.54. The molecule has 0 saturated heterocycles. The second kappa shape index (κ2) is 14.2. The zero-order chi connectivity index (χ0) is 29.3. The fourth-order valence-electron chi connectivity index (χ4n) is 4.17. The van der Waals surface area contributed by atoms with Crippen molar-refractivity contribution in [3.63, 3.8) is 0 Å². The van der Waals surface area contributed by atoms with Crippen LogP contribution in [0.2, 0.25) is 0 Å². The highest BCUT2D eigenvalue weighted by Crippen LogP contribution is 2.27. The van der Waals surface area contributed by atoms with E-state index in [0.717, 1.165) is 24.0 Å². The largest absolute Gasteiger partial charge is 0.444 e. The number of rotatable bonds is 12. The molecule has 0 aliphatic carbocycles. The topological polar surface area (TPSA) is 131 Å². The normalized spacial score (nSPS) is 13.3. The lowest BCUT2D eigenvalue weighted by Gasteiger charge is -2.36. The molecule has 0 fully saturated rings. The number of amides is 4. The number of hydrogen-bond acceptors (Lipinski definition) is 5. The summed E-state index contributed by atoms with van der Waals surface area (Å²) in [4.78, 5) is 53.7. The molecule has 214 valence electrons. The minimum absolute atomic E-state index is 0.0157. The number of carbonyl (C=O) groups is 4. The summed E-state index contributed by atoms with van der Waals surface area (Å²) in [7, 11) is 0. The molecule has 0 aromatic heterocycles. The average molecular weight is 533 g/mol. The van der Waals surface area contributed by atoms with E-state index in [-0.39, 0.29) is 18.7 Å². The van der Waals surface area contributed by atoms with Gasteiger partial charge in [-0.3, -0.25) is 14.4 Å². The van der Waals surface area contributed by atoms with Crippen LogP contribution in [-0.2, 0) is 19.1 Å². The van der Waals surface area contributed by atoms with E-state index in [0.29, 0.717) is 18.5 Å². The second-order valence-corrected chi connectivity index (χ2v) is 12.0. The van der Waals surface area contributed by atoms with E-state index < -0.39 is 41.1 Å². The molecular formula is C29H48N4O5. The lowest BCUT2D eigenvalue weighted by Crippen LogP contribution is -2.55. The lowest BCUT2D eigenvalue weighted by atomic mass is 9.96. The maximum atomic E-state index is 14.1. The van der Waals surface area contributed by atoms with Gasteiger partial charge in [0.1, 0.15) is 17.7 Å². The van der Waals surface area contributed by atoms with Gasteiger partial charge in [0.2, 0.25) is 17.7 Å². The molecule has 2 unspecified atom stereocenters. The molecule has 38 heavy (non-hydrogen) atoms. The van der Waals surface area contributed by atoms with Crippen LogP contribution in [0.3, 0.4) is 0 Å². The molecule has 2 atom stereocenters. The quantitative estimate of drug-likeness (QED) is 0.343. The third-order valence-electron chi connectivity index (χ3n) is 5.57. The van der Waals surface area contributed by atoms with Crippen LogP contribution in [-0.4, -0.2) is 52.4 Å². The number of nitrogens with two attached hydrogens (primary N) is 1. The van der Waals surface area contributed by atoms with Gasteiger partial charge >= 0.3 is 6.09 Å². The van der Waals surface area contributed by atoms with Gasteiger partial charge in [-0.25, -0.2) is 4.79 Å². The van der Waals surface area contributed by atoms with Crippen LogP contribution < -0.4 is 16.4 Å². The Morgan fingerprint density at radius 1 is 0.974 bits per heavy atom. The van der Waals surface area contributed by atoms with Crippen LogP contribution in [0.4, 0.5) is 4.79 Å². The van der Waals surface area contributed by atoms with Crippen molar-refractivity contribution in [1.29, 1.82) is 0 Å². The van der Waals surface area contributed by atoms with Gasteiger partial charge in [-0.05, 0) is 73.8 Å². The molecule has 9 nitrogen and oxygen atoms in total. The van der Waals surface area contributed by atoms with E-state index >= 15 is 0 Å². The van der Waals surface area contributed by atoms with E-state index in [4.69, 9.17) is 10.5 Å². The number of aryl methyl sites for hydroxylation is 2. The van der Waals surface area contributed by atoms with E-state index in [1.54, 1.807) is 20.8 Å². The molecule has 0 bridgehead atoms. The predicted octanol–water partition coefficient (Wildman–Crippen LogP) is 4.44. The Morgan fingerprint density at radius 3 is 2.03 bits per heavy atom. The van der Waals surface area contributed by atoms with Crippen LogP contribution >= 0.6 is 0 Å². The van der Waals surface area contributed by atoms with Crippen molar-refractivity contribution in [2.45, 2.75) is 118 Å². The van der Waals surface area contributed by atoms with E-state index in [1.165, 1.54) is 4.90 Å². The number of hydrogen-bond donors (Lipinski definition) is 3. The van der Waals surface area contributed by atoms with Gasteiger partial charge in [0.15, 0.2) is 0 Å². The first-order valence-electron chi connectivity index (χ1n) is 13.4. The average Bonchev–Trinajstić information content (AvgIpc) is 2.72. The summed E-state index contributed by atoms with van der Waals surface area (Å²) in [5.41, 5.74) is 6.67. The van der Waals surface area contributed by atoms with Crippen LogP contribution in [0.15, 0.2) is 18.2 Å². The Balaban J connectivity index is 3.60. The number of nitrogens with zero attached hydrogens (tertiary/aromatic N) is 1.